The molecule has 0 saturated heterocycles. The zero-order valence-electron chi connectivity index (χ0n) is 3.51. The van der Waals surface area contributed by atoms with Crippen LogP contribution in [0.5, 0.6) is 0 Å². The van der Waals surface area contributed by atoms with E-state index in [-0.39, 0.29) is 1.43 Å². The van der Waals surface area contributed by atoms with Gasteiger partial charge < -0.3 is 4.52 Å². The van der Waals surface area contributed by atoms with Crippen LogP contribution in [0.4, 0.5) is 0 Å². The molecule has 0 amide bonds. The van der Waals surface area contributed by atoms with E-state index in [4.69, 9.17) is 0 Å². The smallest absolute Gasteiger partial charge is 0.364 e. The van der Waals surface area contributed by atoms with E-state index < -0.39 is 0 Å². The third-order valence-electron chi connectivity index (χ3n) is 0.309. The van der Waals surface area contributed by atoms with Crippen LogP contribution in [-0.2, 0) is 0 Å². The first-order valence-corrected chi connectivity index (χ1v) is 1.25. The summed E-state index contributed by atoms with van der Waals surface area (Å²) >= 11 is 0. The third kappa shape index (κ3) is 0.265. The quantitative estimate of drug-likeness (QED) is 0.445. The van der Waals surface area contributed by atoms with Gasteiger partial charge in [-0.3, -0.25) is 0 Å². The Morgan fingerprint density at radius 2 is 3.00 bits per heavy atom. The molecule has 0 aliphatic rings. The fourth-order valence-corrected chi connectivity index (χ4v) is 0.152. The molecule has 0 spiro atoms. The topological polar surface area (TPSA) is 26.0 Å². The van der Waals surface area contributed by atoms with Gasteiger partial charge in [0.05, 0.1) is 6.20 Å². The van der Waals surface area contributed by atoms with Crippen LogP contribution in [0, 0.1) is 6.07 Å². The molecule has 2 heteroatoms. The fraction of sp³-hybridized carbons (Fsp3) is 0. The number of rotatable bonds is 0. The van der Waals surface area contributed by atoms with E-state index in [9.17, 15) is 0 Å². The van der Waals surface area contributed by atoms with E-state index >= 15 is 0 Å². The summed E-state index contributed by atoms with van der Waals surface area (Å²) in [6.45, 7) is 0. The average molecular weight is 69.1 g/mol. The van der Waals surface area contributed by atoms with E-state index in [1.807, 2.05) is 0 Å². The lowest BCUT2D eigenvalue weighted by atomic mass is 10.8. The number of hydrogen-bond acceptors (Lipinski definition) is 2. The van der Waals surface area contributed by atoms with Crippen molar-refractivity contribution < 1.29 is 5.95 Å². The van der Waals surface area contributed by atoms with E-state index in [1.165, 1.54) is 12.5 Å². The number of aromatic nitrogens is 1. The largest absolute Gasteiger partial charge is 1.00 e. The van der Waals surface area contributed by atoms with Gasteiger partial charge in [0.15, 0.2) is 0 Å². The maximum absolute atomic E-state index is 4.28. The maximum atomic E-state index is 4.28. The van der Waals surface area contributed by atoms with Crippen LogP contribution >= 0.6 is 0 Å². The van der Waals surface area contributed by atoms with Crippen LogP contribution < -0.4 is 0 Å². The molecule has 1 aromatic rings. The molecule has 5 heavy (non-hydrogen) atoms. The Morgan fingerprint density at radius 3 is 3.20 bits per heavy atom. The van der Waals surface area contributed by atoms with Crippen LogP contribution in [0.2, 0.25) is 0 Å². The molecule has 0 fully saturated rings. The Hall–Kier alpha value is -0.790. The number of nitrogens with zero attached hydrogens (tertiary/aromatic N) is 1. The van der Waals surface area contributed by atoms with Crippen molar-refractivity contribution in [3.63, 3.8) is 0 Å². The van der Waals surface area contributed by atoms with E-state index in [2.05, 4.69) is 15.7 Å². The minimum Gasteiger partial charge on any atom is -0.364 e. The van der Waals surface area contributed by atoms with Crippen molar-refractivity contribution in [3.05, 3.63) is 18.5 Å². The molecule has 0 N–H and O–H groups in total. The van der Waals surface area contributed by atoms with Gasteiger partial charge in [-0.25, -0.2) is 0 Å². The van der Waals surface area contributed by atoms with Crippen molar-refractivity contribution in [2.24, 2.45) is 0 Å². The monoisotopic (exact) mass is 69.0 g/mol. The molecule has 0 aromatic carbocycles. The molecular formula is C3H3NO+. The first kappa shape index (κ1) is 2.45. The van der Waals surface area contributed by atoms with Gasteiger partial charge in [0.1, 0.15) is 6.26 Å². The summed E-state index contributed by atoms with van der Waals surface area (Å²) in [4.78, 5) is 0. The molecule has 25 valence electrons. The normalized spacial score (nSPS) is 8.00. The van der Waals surface area contributed by atoms with Crippen molar-refractivity contribution in [3.8, 4) is 0 Å². The zero-order valence-corrected chi connectivity index (χ0v) is 2.51. The summed E-state index contributed by atoms with van der Waals surface area (Å²) in [7, 11) is 0. The standard InChI is InChI=1S/C3H2NO/c1-2-4-5-3-1/h2-3H/p+1. The van der Waals surface area contributed by atoms with Crippen molar-refractivity contribution in [2.45, 2.75) is 0 Å². The molecular weight excluding hydrogens is 66.0 g/mol. The first-order chi connectivity index (χ1) is 2.50. The van der Waals surface area contributed by atoms with Gasteiger partial charge >= 0.3 is 1.43 Å². The first-order valence-electron chi connectivity index (χ1n) is 1.25. The number of hydrogen-bond donors (Lipinski definition) is 0. The van der Waals surface area contributed by atoms with Crippen LogP contribution in [0.1, 0.15) is 1.43 Å². The molecule has 1 radical (unpaired) electrons. The molecule has 0 saturated carbocycles. The second kappa shape index (κ2) is 0.885. The van der Waals surface area contributed by atoms with E-state index in [0.29, 0.717) is 0 Å². The molecule has 0 aliphatic heterocycles. The summed E-state index contributed by atoms with van der Waals surface area (Å²) in [6.07, 6.45) is 2.85. The molecule has 1 rings (SSSR count). The Balaban J connectivity index is 0.000000250. The van der Waals surface area contributed by atoms with Crippen LogP contribution in [-0.4, -0.2) is 5.16 Å². The van der Waals surface area contributed by atoms with Gasteiger partial charge in [0.2, 0.25) is 0 Å². The summed E-state index contributed by atoms with van der Waals surface area (Å²) < 4.78 is 4.28. The zero-order chi connectivity index (χ0) is 3.54. The average Bonchev–Trinajstić information content (AvgIpc) is 1.76. The van der Waals surface area contributed by atoms with Gasteiger partial charge in [-0.05, 0) is 0 Å². The van der Waals surface area contributed by atoms with Crippen molar-refractivity contribution in [1.82, 2.24) is 5.16 Å². The lowest BCUT2D eigenvalue weighted by molar-refractivity contribution is 0.419. The molecule has 2 nitrogen and oxygen atoms in total. The third-order valence-corrected chi connectivity index (χ3v) is 0.309. The van der Waals surface area contributed by atoms with Crippen molar-refractivity contribution in [2.75, 3.05) is 0 Å². The predicted molar refractivity (Wildman–Crippen MR) is 16.5 cm³/mol. The van der Waals surface area contributed by atoms with Gasteiger partial charge in [-0.15, -0.1) is 0 Å². The predicted octanol–water partition coefficient (Wildman–Crippen LogP) is 0.587. The second-order valence-electron chi connectivity index (χ2n) is 0.624. The summed E-state index contributed by atoms with van der Waals surface area (Å²) in [5.41, 5.74) is 0. The van der Waals surface area contributed by atoms with Crippen molar-refractivity contribution in [1.29, 1.82) is 0 Å². The molecule has 1 heterocycles. The highest BCUT2D eigenvalue weighted by Crippen LogP contribution is 1.70. The lowest BCUT2D eigenvalue weighted by Crippen LogP contribution is -1.39. The van der Waals surface area contributed by atoms with Crippen LogP contribution in [0.15, 0.2) is 17.0 Å². The summed E-state index contributed by atoms with van der Waals surface area (Å²) in [5.74, 6) is 0. The fourth-order valence-electron chi connectivity index (χ4n) is 0.152. The Morgan fingerprint density at radius 1 is 2.00 bits per heavy atom. The van der Waals surface area contributed by atoms with Crippen LogP contribution in [0.3, 0.4) is 0 Å². The Bertz CT molecular complexity index is 67.3. The van der Waals surface area contributed by atoms with Gasteiger partial charge in [-0.2, -0.15) is 0 Å². The summed E-state index contributed by atoms with van der Waals surface area (Å²) in [5, 5.41) is 3.29. The highest BCUT2D eigenvalue weighted by molar-refractivity contribution is 4.63. The molecule has 0 bridgehead atoms. The molecule has 0 unspecified atom stereocenters. The van der Waals surface area contributed by atoms with Gasteiger partial charge in [0.25, 0.3) is 0 Å². The Labute approximate surface area is 30.9 Å². The SMILES string of the molecule is [H+].[c]1cnoc1. The van der Waals surface area contributed by atoms with E-state index in [1.54, 1.807) is 0 Å². The minimum absolute atomic E-state index is 0. The van der Waals surface area contributed by atoms with E-state index in [0.717, 1.165) is 0 Å². The molecule has 1 aromatic heterocycles. The Kier molecular flexibility index (Phi) is 0.433. The van der Waals surface area contributed by atoms with Gasteiger partial charge in [-0.1, -0.05) is 5.16 Å². The van der Waals surface area contributed by atoms with Gasteiger partial charge in [0, 0.05) is 6.07 Å². The van der Waals surface area contributed by atoms with Crippen molar-refractivity contribution >= 4 is 0 Å². The highest BCUT2D eigenvalue weighted by Gasteiger charge is 1.61. The highest BCUT2D eigenvalue weighted by atomic mass is 16.5. The minimum atomic E-state index is 0. The summed E-state index contributed by atoms with van der Waals surface area (Å²) in [6, 6.07) is 2.58. The molecule has 0 atom stereocenters. The maximum Gasteiger partial charge on any atom is 1.00 e. The van der Waals surface area contributed by atoms with Crippen LogP contribution in [0.25, 0.3) is 0 Å². The second-order valence-corrected chi connectivity index (χ2v) is 0.624. The lowest BCUT2D eigenvalue weighted by Gasteiger charge is -1.48. The molecule has 0 aliphatic carbocycles.